The molecule has 36 heavy (non-hydrogen) atoms. The van der Waals surface area contributed by atoms with Crippen molar-refractivity contribution in [3.05, 3.63) is 35.4 Å². The summed E-state index contributed by atoms with van der Waals surface area (Å²) in [5, 5.41) is 69.0. The smallest absolute Gasteiger partial charge is 0.340 e. The molecule has 0 bridgehead atoms. The van der Waals surface area contributed by atoms with E-state index in [0.717, 1.165) is 12.1 Å². The normalized spacial score (nSPS) is 23.5. The van der Waals surface area contributed by atoms with E-state index in [2.05, 4.69) is 0 Å². The van der Waals surface area contributed by atoms with E-state index in [-0.39, 0.29) is 22.8 Å². The Bertz CT molecular complexity index is 1080. The molecule has 3 rings (SSSR count). The Morgan fingerprint density at radius 1 is 0.778 bits per heavy atom. The molecule has 0 amide bonds. The van der Waals surface area contributed by atoms with E-state index >= 15 is 0 Å². The van der Waals surface area contributed by atoms with Gasteiger partial charge in [-0.05, 0) is 24.3 Å². The first kappa shape index (κ1) is 26.6. The van der Waals surface area contributed by atoms with E-state index in [4.69, 9.17) is 23.7 Å². The van der Waals surface area contributed by atoms with Gasteiger partial charge in [0.25, 0.3) is 0 Å². The van der Waals surface area contributed by atoms with Crippen LogP contribution in [0.25, 0.3) is 0 Å². The summed E-state index contributed by atoms with van der Waals surface area (Å²) in [5.74, 6) is -5.20. The zero-order valence-corrected chi connectivity index (χ0v) is 18.9. The third-order valence-corrected chi connectivity index (χ3v) is 5.29. The van der Waals surface area contributed by atoms with Gasteiger partial charge < -0.3 is 59.4 Å². The van der Waals surface area contributed by atoms with Gasteiger partial charge in [0.1, 0.15) is 31.0 Å². The van der Waals surface area contributed by atoms with Crippen molar-refractivity contribution in [2.45, 2.75) is 30.7 Å². The number of carbonyl (C=O) groups excluding carboxylic acids is 2. The highest BCUT2D eigenvalue weighted by molar-refractivity contribution is 5.91. The van der Waals surface area contributed by atoms with Gasteiger partial charge in [-0.25, -0.2) is 9.59 Å². The Morgan fingerprint density at radius 3 is 1.83 bits per heavy atom. The van der Waals surface area contributed by atoms with Crippen LogP contribution < -0.4 is 9.47 Å². The summed E-state index contributed by atoms with van der Waals surface area (Å²) in [6, 6.07) is 3.89. The lowest BCUT2D eigenvalue weighted by atomic mass is 9.99. The molecular formula is C22H24O14. The van der Waals surface area contributed by atoms with Gasteiger partial charge in [-0.2, -0.15) is 0 Å². The zero-order chi connectivity index (χ0) is 26.7. The van der Waals surface area contributed by atoms with Crippen molar-refractivity contribution in [2.24, 2.45) is 0 Å². The number of aliphatic hydroxyl groups excluding tert-OH is 3. The molecule has 5 atom stereocenters. The van der Waals surface area contributed by atoms with Gasteiger partial charge in [0.2, 0.25) is 12.0 Å². The topological polar surface area (TPSA) is 222 Å². The highest BCUT2D eigenvalue weighted by Crippen LogP contribution is 2.38. The second-order valence-corrected chi connectivity index (χ2v) is 7.61. The number of carbonyl (C=O) groups is 2. The second-order valence-electron chi connectivity index (χ2n) is 7.61. The first-order valence-electron chi connectivity index (χ1n) is 10.3. The Hall–Kier alpha value is -3.98. The fourth-order valence-corrected chi connectivity index (χ4v) is 3.30. The number of aliphatic hydroxyl groups is 3. The fraction of sp³-hybridized carbons (Fsp3) is 0.364. The van der Waals surface area contributed by atoms with Crippen LogP contribution in [0.5, 0.6) is 34.5 Å². The monoisotopic (exact) mass is 512 g/mol. The molecule has 14 nitrogen and oxygen atoms in total. The average molecular weight is 512 g/mol. The number of hydrogen-bond acceptors (Lipinski definition) is 14. The molecule has 196 valence electrons. The lowest BCUT2D eigenvalue weighted by Crippen LogP contribution is -2.59. The van der Waals surface area contributed by atoms with E-state index < -0.39 is 72.1 Å². The van der Waals surface area contributed by atoms with E-state index in [1.807, 2.05) is 0 Å². The molecule has 2 aromatic carbocycles. The molecule has 5 unspecified atom stereocenters. The second kappa shape index (κ2) is 10.7. The lowest BCUT2D eigenvalue weighted by molar-refractivity contribution is -0.285. The molecule has 1 aliphatic rings. The van der Waals surface area contributed by atoms with Gasteiger partial charge in [0, 0.05) is 0 Å². The predicted octanol–water partition coefficient (Wildman–Crippen LogP) is -0.652. The van der Waals surface area contributed by atoms with Gasteiger partial charge in [-0.15, -0.1) is 0 Å². The Morgan fingerprint density at radius 2 is 1.31 bits per heavy atom. The molecule has 0 aliphatic carbocycles. The summed E-state index contributed by atoms with van der Waals surface area (Å²) in [4.78, 5) is 24.9. The van der Waals surface area contributed by atoms with Gasteiger partial charge in [0.05, 0.1) is 25.3 Å². The molecule has 0 spiro atoms. The summed E-state index contributed by atoms with van der Waals surface area (Å²) in [6.45, 7) is -0.663. The largest absolute Gasteiger partial charge is 0.504 e. The zero-order valence-electron chi connectivity index (χ0n) is 18.9. The van der Waals surface area contributed by atoms with Crippen LogP contribution in [0.1, 0.15) is 20.7 Å². The Labute approximate surface area is 203 Å². The standard InChI is InChI=1S/C22H24O14/c1-32-12-5-9(6-13(33-2)16(12)26)20(30)34-7-14-17(27)18(28)19(29)22(35-14)36-21(31)8-3-10(23)15(25)11(24)4-8/h3-6,14,17-19,22-29H,7H2,1-2H3. The van der Waals surface area contributed by atoms with Gasteiger partial charge in [-0.3, -0.25) is 0 Å². The van der Waals surface area contributed by atoms with Crippen LogP contribution in [0.15, 0.2) is 24.3 Å². The first-order valence-corrected chi connectivity index (χ1v) is 10.3. The number of phenolic OH excluding ortho intramolecular Hbond substituents is 4. The van der Waals surface area contributed by atoms with Crippen LogP contribution in [0.3, 0.4) is 0 Å². The summed E-state index contributed by atoms with van der Waals surface area (Å²) >= 11 is 0. The molecule has 2 aromatic rings. The molecule has 1 fully saturated rings. The quantitative estimate of drug-likeness (QED) is 0.181. The van der Waals surface area contributed by atoms with Gasteiger partial charge in [0.15, 0.2) is 28.7 Å². The van der Waals surface area contributed by atoms with Crippen molar-refractivity contribution >= 4 is 11.9 Å². The van der Waals surface area contributed by atoms with Crippen LogP contribution in [0, 0.1) is 0 Å². The third kappa shape index (κ3) is 5.31. The molecule has 14 heteroatoms. The molecule has 7 N–H and O–H groups in total. The minimum Gasteiger partial charge on any atom is -0.504 e. The number of aromatic hydroxyl groups is 4. The maximum atomic E-state index is 12.5. The minimum absolute atomic E-state index is 0.0768. The van der Waals surface area contributed by atoms with E-state index in [9.17, 15) is 45.3 Å². The van der Waals surface area contributed by atoms with Crippen LogP contribution in [-0.2, 0) is 14.2 Å². The molecule has 0 radical (unpaired) electrons. The fourth-order valence-electron chi connectivity index (χ4n) is 3.30. The van der Waals surface area contributed by atoms with Crippen molar-refractivity contribution in [3.63, 3.8) is 0 Å². The summed E-state index contributed by atoms with van der Waals surface area (Å²) < 4.78 is 25.3. The number of ether oxygens (including phenoxy) is 5. The number of methoxy groups -OCH3 is 2. The highest BCUT2D eigenvalue weighted by Gasteiger charge is 2.46. The van der Waals surface area contributed by atoms with Crippen LogP contribution in [0.2, 0.25) is 0 Å². The van der Waals surface area contributed by atoms with Gasteiger partial charge >= 0.3 is 11.9 Å². The van der Waals surface area contributed by atoms with E-state index in [1.165, 1.54) is 26.4 Å². The van der Waals surface area contributed by atoms with E-state index in [0.29, 0.717) is 0 Å². The number of phenols is 4. The first-order chi connectivity index (χ1) is 17.0. The maximum absolute atomic E-state index is 12.5. The van der Waals surface area contributed by atoms with Crippen LogP contribution in [-0.4, -0.2) is 99.2 Å². The number of rotatable bonds is 7. The summed E-state index contributed by atoms with van der Waals surface area (Å²) in [5.41, 5.74) is -0.528. The molecule has 1 heterocycles. The van der Waals surface area contributed by atoms with Crippen molar-refractivity contribution in [3.8, 4) is 34.5 Å². The average Bonchev–Trinajstić information content (AvgIpc) is 2.86. The SMILES string of the molecule is COc1cc(C(=O)OCC2OC(OC(=O)c3cc(O)c(O)c(O)c3)C(O)C(O)C2O)cc(OC)c1O. The van der Waals surface area contributed by atoms with Gasteiger partial charge in [-0.1, -0.05) is 0 Å². The Kier molecular flexibility index (Phi) is 7.94. The van der Waals surface area contributed by atoms with Crippen molar-refractivity contribution in [1.82, 2.24) is 0 Å². The maximum Gasteiger partial charge on any atom is 0.340 e. The predicted molar refractivity (Wildman–Crippen MR) is 115 cm³/mol. The van der Waals surface area contributed by atoms with Crippen LogP contribution >= 0.6 is 0 Å². The third-order valence-electron chi connectivity index (χ3n) is 5.29. The van der Waals surface area contributed by atoms with Crippen LogP contribution in [0.4, 0.5) is 0 Å². The summed E-state index contributed by atoms with van der Waals surface area (Å²) in [7, 11) is 2.51. The Balaban J connectivity index is 1.71. The van der Waals surface area contributed by atoms with Crippen molar-refractivity contribution in [1.29, 1.82) is 0 Å². The summed E-state index contributed by atoms with van der Waals surface area (Å²) in [6.07, 6.45) is -8.87. The minimum atomic E-state index is -1.92. The molecule has 1 saturated heterocycles. The molecular weight excluding hydrogens is 488 g/mol. The molecule has 0 aromatic heterocycles. The number of benzene rings is 2. The van der Waals surface area contributed by atoms with Crippen molar-refractivity contribution in [2.75, 3.05) is 20.8 Å². The lowest BCUT2D eigenvalue weighted by Gasteiger charge is -2.39. The van der Waals surface area contributed by atoms with E-state index in [1.54, 1.807) is 0 Å². The molecule has 0 saturated carbocycles. The molecule has 1 aliphatic heterocycles. The number of esters is 2. The number of hydrogen-bond donors (Lipinski definition) is 7. The highest BCUT2D eigenvalue weighted by atomic mass is 16.7. The van der Waals surface area contributed by atoms with Crippen molar-refractivity contribution < 1.29 is 69.0 Å².